The van der Waals surface area contributed by atoms with E-state index in [4.69, 9.17) is 5.11 Å². The minimum Gasteiger partial charge on any atom is -0.396 e. The van der Waals surface area contributed by atoms with Crippen LogP contribution < -0.4 is 0 Å². The van der Waals surface area contributed by atoms with E-state index in [0.29, 0.717) is 6.42 Å². The van der Waals surface area contributed by atoms with Crippen LogP contribution in [-0.4, -0.2) is 45.8 Å². The van der Waals surface area contributed by atoms with Crippen LogP contribution in [-0.2, 0) is 4.79 Å². The van der Waals surface area contributed by atoms with Crippen molar-refractivity contribution in [3.05, 3.63) is 0 Å². The zero-order chi connectivity index (χ0) is 10.9. The molecule has 0 saturated carbocycles. The number of nitrogens with zero attached hydrogens (tertiary/aromatic N) is 1. The Hall–Kier alpha value is -0.610. The van der Waals surface area contributed by atoms with Crippen LogP contribution in [0.2, 0.25) is 0 Å². The fourth-order valence-electron chi connectivity index (χ4n) is 2.44. The third-order valence-corrected chi connectivity index (χ3v) is 3.18. The van der Waals surface area contributed by atoms with E-state index in [1.165, 1.54) is 6.92 Å². The maximum Gasteiger partial charge on any atom is 0.219 e. The summed E-state index contributed by atoms with van der Waals surface area (Å²) in [7, 11) is 0. The van der Waals surface area contributed by atoms with Gasteiger partial charge in [-0.1, -0.05) is 0 Å². The molecule has 4 heteroatoms. The van der Waals surface area contributed by atoms with Crippen LogP contribution in [0.25, 0.3) is 0 Å². The van der Waals surface area contributed by atoms with Gasteiger partial charge >= 0.3 is 0 Å². The van der Waals surface area contributed by atoms with Gasteiger partial charge in [-0.25, -0.2) is 0 Å². The summed E-state index contributed by atoms with van der Waals surface area (Å²) in [5.41, 5.74) is 0. The first kappa shape index (κ1) is 11.5. The number of hydrogen-bond acceptors (Lipinski definition) is 3. The van der Waals surface area contributed by atoms with Crippen molar-refractivity contribution in [1.29, 1.82) is 0 Å². The van der Waals surface area contributed by atoms with Crippen LogP contribution in [0.5, 0.6) is 0 Å². The number of rotatable bonds is 1. The van der Waals surface area contributed by atoms with Crippen molar-refractivity contribution >= 4 is 5.91 Å². The molecule has 2 N–H and O–H groups in total. The van der Waals surface area contributed by atoms with Crippen LogP contribution >= 0.6 is 0 Å². The van der Waals surface area contributed by atoms with E-state index in [9.17, 15) is 9.90 Å². The number of hydrogen-bond donors (Lipinski definition) is 2. The highest BCUT2D eigenvalue weighted by molar-refractivity contribution is 5.74. The Morgan fingerprint density at radius 2 is 2.07 bits per heavy atom. The SMILES string of the molecule is CC(=O)N1C(C)CC(O)C(CO)C1C. The summed E-state index contributed by atoms with van der Waals surface area (Å²) < 4.78 is 0. The lowest BCUT2D eigenvalue weighted by Gasteiger charge is -2.45. The highest BCUT2D eigenvalue weighted by Gasteiger charge is 2.38. The van der Waals surface area contributed by atoms with Crippen molar-refractivity contribution in [2.24, 2.45) is 5.92 Å². The molecule has 4 atom stereocenters. The van der Waals surface area contributed by atoms with E-state index in [2.05, 4.69) is 0 Å². The molecular weight excluding hydrogens is 182 g/mol. The summed E-state index contributed by atoms with van der Waals surface area (Å²) in [5.74, 6) is -0.203. The molecular formula is C10H19NO3. The van der Waals surface area contributed by atoms with Crippen molar-refractivity contribution in [2.45, 2.75) is 45.4 Å². The molecule has 1 amide bonds. The van der Waals surface area contributed by atoms with Gasteiger partial charge in [-0.15, -0.1) is 0 Å². The molecule has 1 saturated heterocycles. The summed E-state index contributed by atoms with van der Waals surface area (Å²) in [6.07, 6.45) is 0.0513. The molecule has 14 heavy (non-hydrogen) atoms. The third-order valence-electron chi connectivity index (χ3n) is 3.18. The van der Waals surface area contributed by atoms with Gasteiger partial charge in [0.15, 0.2) is 0 Å². The smallest absolute Gasteiger partial charge is 0.219 e. The second kappa shape index (κ2) is 4.28. The van der Waals surface area contributed by atoms with E-state index >= 15 is 0 Å². The van der Waals surface area contributed by atoms with Crippen LogP contribution in [0, 0.1) is 5.92 Å². The second-order valence-electron chi connectivity index (χ2n) is 4.17. The van der Waals surface area contributed by atoms with Crippen LogP contribution in [0.3, 0.4) is 0 Å². The number of carbonyl (C=O) groups excluding carboxylic acids is 1. The van der Waals surface area contributed by atoms with Gasteiger partial charge in [-0.2, -0.15) is 0 Å². The molecule has 1 aliphatic rings. The van der Waals surface area contributed by atoms with E-state index in [1.807, 2.05) is 13.8 Å². The topological polar surface area (TPSA) is 60.8 Å². The van der Waals surface area contributed by atoms with Gasteiger partial charge in [0.2, 0.25) is 5.91 Å². The summed E-state index contributed by atoms with van der Waals surface area (Å²) >= 11 is 0. The molecule has 4 nitrogen and oxygen atoms in total. The lowest BCUT2D eigenvalue weighted by molar-refractivity contribution is -0.142. The summed E-state index contributed by atoms with van der Waals surface area (Å²) in [4.78, 5) is 13.1. The minimum atomic E-state index is -0.499. The third kappa shape index (κ3) is 1.91. The Labute approximate surface area is 84.5 Å². The fourth-order valence-corrected chi connectivity index (χ4v) is 2.44. The molecule has 0 radical (unpaired) electrons. The van der Waals surface area contributed by atoms with Crippen molar-refractivity contribution in [2.75, 3.05) is 6.61 Å². The Kier molecular flexibility index (Phi) is 3.50. The van der Waals surface area contributed by atoms with Crippen molar-refractivity contribution in [3.63, 3.8) is 0 Å². The number of piperidine rings is 1. The molecule has 82 valence electrons. The Morgan fingerprint density at radius 3 is 2.50 bits per heavy atom. The normalized spacial score (nSPS) is 38.5. The largest absolute Gasteiger partial charge is 0.396 e. The molecule has 0 aromatic carbocycles. The van der Waals surface area contributed by atoms with Gasteiger partial charge in [0, 0.05) is 24.9 Å². The second-order valence-corrected chi connectivity index (χ2v) is 4.17. The van der Waals surface area contributed by atoms with Crippen molar-refractivity contribution in [1.82, 2.24) is 4.90 Å². The molecule has 1 fully saturated rings. The Morgan fingerprint density at radius 1 is 1.50 bits per heavy atom. The number of aliphatic hydroxyl groups is 2. The quantitative estimate of drug-likeness (QED) is 0.627. The Balaban J connectivity index is 2.82. The molecule has 0 spiro atoms. The van der Waals surface area contributed by atoms with Gasteiger partial charge in [0.1, 0.15) is 0 Å². The van der Waals surface area contributed by atoms with Crippen LogP contribution in [0.1, 0.15) is 27.2 Å². The summed E-state index contributed by atoms with van der Waals surface area (Å²) in [6, 6.07) is -0.0310. The van der Waals surface area contributed by atoms with Gasteiger partial charge in [0.05, 0.1) is 12.7 Å². The lowest BCUT2D eigenvalue weighted by Crippen LogP contribution is -2.56. The maximum absolute atomic E-state index is 11.4. The number of carbonyl (C=O) groups is 1. The van der Waals surface area contributed by atoms with Crippen molar-refractivity contribution in [3.8, 4) is 0 Å². The molecule has 0 aromatic rings. The predicted octanol–water partition coefficient (Wildman–Crippen LogP) is -0.0150. The zero-order valence-electron chi connectivity index (χ0n) is 8.97. The van der Waals surface area contributed by atoms with E-state index in [0.717, 1.165) is 0 Å². The average Bonchev–Trinajstić information content (AvgIpc) is 2.02. The average molecular weight is 201 g/mol. The Bertz CT molecular complexity index is 219. The summed E-state index contributed by atoms with van der Waals surface area (Å²) in [5, 5.41) is 18.8. The number of aliphatic hydroxyl groups excluding tert-OH is 2. The minimum absolute atomic E-state index is 0.00958. The lowest BCUT2D eigenvalue weighted by atomic mass is 9.84. The van der Waals surface area contributed by atoms with Crippen LogP contribution in [0.15, 0.2) is 0 Å². The first-order chi connectivity index (χ1) is 6.49. The monoisotopic (exact) mass is 201 g/mol. The first-order valence-electron chi connectivity index (χ1n) is 5.06. The predicted molar refractivity (Wildman–Crippen MR) is 52.6 cm³/mol. The molecule has 4 unspecified atom stereocenters. The molecule has 1 rings (SSSR count). The van der Waals surface area contributed by atoms with E-state index in [-0.39, 0.29) is 30.5 Å². The number of likely N-dealkylation sites (tertiary alicyclic amines) is 1. The maximum atomic E-state index is 11.4. The number of amides is 1. The molecule has 1 aliphatic heterocycles. The van der Waals surface area contributed by atoms with Gasteiger partial charge in [-0.3, -0.25) is 4.79 Å². The molecule has 0 bridgehead atoms. The van der Waals surface area contributed by atoms with E-state index < -0.39 is 6.10 Å². The highest BCUT2D eigenvalue weighted by Crippen LogP contribution is 2.28. The zero-order valence-corrected chi connectivity index (χ0v) is 8.97. The van der Waals surface area contributed by atoms with Gasteiger partial charge < -0.3 is 15.1 Å². The van der Waals surface area contributed by atoms with Gasteiger partial charge in [0.25, 0.3) is 0 Å². The highest BCUT2D eigenvalue weighted by atomic mass is 16.3. The van der Waals surface area contributed by atoms with Crippen molar-refractivity contribution < 1.29 is 15.0 Å². The molecule has 0 aromatic heterocycles. The van der Waals surface area contributed by atoms with E-state index in [1.54, 1.807) is 4.90 Å². The standard InChI is InChI=1S/C10H19NO3/c1-6-4-10(14)9(5-12)7(2)11(6)8(3)13/h6-7,9-10,12,14H,4-5H2,1-3H3. The van der Waals surface area contributed by atoms with Gasteiger partial charge in [-0.05, 0) is 20.3 Å². The molecule has 0 aliphatic carbocycles. The summed E-state index contributed by atoms with van der Waals surface area (Å²) in [6.45, 7) is 5.26. The molecule has 1 heterocycles. The van der Waals surface area contributed by atoms with Crippen LogP contribution in [0.4, 0.5) is 0 Å². The fraction of sp³-hybridized carbons (Fsp3) is 0.900. The first-order valence-corrected chi connectivity index (χ1v) is 5.06.